The maximum Gasteiger partial charge on any atom is 0.226 e. The van der Waals surface area contributed by atoms with Gasteiger partial charge in [0.25, 0.3) is 0 Å². The Balaban J connectivity index is 0.00000341. The van der Waals surface area contributed by atoms with Crippen LogP contribution in [0.25, 0.3) is 11.5 Å². The van der Waals surface area contributed by atoms with Crippen LogP contribution in [0.15, 0.2) is 58.1 Å². The van der Waals surface area contributed by atoms with E-state index in [1.165, 1.54) is 5.56 Å². The highest BCUT2D eigenvalue weighted by atomic mass is 127. The molecule has 0 fully saturated rings. The van der Waals surface area contributed by atoms with Crippen LogP contribution >= 0.6 is 24.0 Å². The van der Waals surface area contributed by atoms with E-state index >= 15 is 0 Å². The highest BCUT2D eigenvalue weighted by Gasteiger charge is 2.07. The summed E-state index contributed by atoms with van der Waals surface area (Å²) in [5, 5.41) is 16.2. The van der Waals surface area contributed by atoms with Crippen LogP contribution in [0.5, 0.6) is 11.5 Å². The number of halogens is 1. The van der Waals surface area contributed by atoms with Crippen molar-refractivity contribution in [1.29, 1.82) is 0 Å². The average molecular weight is 536 g/mol. The monoisotopic (exact) mass is 536 g/mol. The molecule has 0 amide bonds. The van der Waals surface area contributed by atoms with Crippen LogP contribution in [0, 0.1) is 6.92 Å². The molecule has 0 saturated carbocycles. The first-order valence-electron chi connectivity index (χ1n) is 9.98. The second-order valence-electron chi connectivity index (χ2n) is 6.89. The summed E-state index contributed by atoms with van der Waals surface area (Å²) in [6.45, 7) is 5.93. The number of methoxy groups -OCH3 is 1. The molecule has 0 spiro atoms. The maximum absolute atomic E-state index is 9.70. The van der Waals surface area contributed by atoms with Gasteiger partial charge in [0.05, 0.1) is 13.7 Å². The Morgan fingerprint density at radius 2 is 1.94 bits per heavy atom. The first kappa shape index (κ1) is 24.5. The number of nitrogens with one attached hydrogen (secondary N) is 2. The first-order chi connectivity index (χ1) is 14.6. The zero-order valence-corrected chi connectivity index (χ0v) is 20.3. The van der Waals surface area contributed by atoms with Crippen molar-refractivity contribution in [2.75, 3.05) is 20.2 Å². The van der Waals surface area contributed by atoms with Crippen LogP contribution in [-0.4, -0.2) is 36.2 Å². The maximum atomic E-state index is 9.70. The van der Waals surface area contributed by atoms with Gasteiger partial charge in [-0.3, -0.25) is 0 Å². The van der Waals surface area contributed by atoms with Crippen LogP contribution in [0.4, 0.5) is 0 Å². The zero-order chi connectivity index (χ0) is 21.3. The lowest BCUT2D eigenvalue weighted by atomic mass is 10.1. The highest BCUT2D eigenvalue weighted by molar-refractivity contribution is 14.0. The fraction of sp³-hybridized carbons (Fsp3) is 0.304. The Morgan fingerprint density at radius 3 is 2.65 bits per heavy atom. The number of hydrogen-bond acceptors (Lipinski definition) is 5. The molecular weight excluding hydrogens is 507 g/mol. The summed E-state index contributed by atoms with van der Waals surface area (Å²) >= 11 is 0. The topological polar surface area (TPSA) is 91.9 Å². The fourth-order valence-electron chi connectivity index (χ4n) is 2.91. The number of aromatic nitrogens is 1. The van der Waals surface area contributed by atoms with Gasteiger partial charge in [-0.1, -0.05) is 23.8 Å². The van der Waals surface area contributed by atoms with Crippen molar-refractivity contribution in [3.8, 4) is 23.0 Å². The molecule has 2 aromatic carbocycles. The number of ether oxygens (including phenoxy) is 1. The highest BCUT2D eigenvalue weighted by Crippen LogP contribution is 2.26. The van der Waals surface area contributed by atoms with Crippen molar-refractivity contribution in [3.05, 3.63) is 65.5 Å². The molecule has 1 heterocycles. The summed E-state index contributed by atoms with van der Waals surface area (Å²) in [4.78, 5) is 9.12. The summed E-state index contributed by atoms with van der Waals surface area (Å²) in [5.74, 6) is 1.92. The molecule has 3 aromatic rings. The van der Waals surface area contributed by atoms with Gasteiger partial charge in [0.2, 0.25) is 5.89 Å². The van der Waals surface area contributed by atoms with Gasteiger partial charge in [-0.05, 0) is 50.1 Å². The molecular formula is C23H29IN4O3. The van der Waals surface area contributed by atoms with Crippen molar-refractivity contribution in [3.63, 3.8) is 0 Å². The molecule has 0 unspecified atom stereocenters. The van der Waals surface area contributed by atoms with Crippen molar-refractivity contribution in [2.45, 2.75) is 26.8 Å². The van der Waals surface area contributed by atoms with Crippen LogP contribution in [-0.2, 0) is 13.0 Å². The van der Waals surface area contributed by atoms with Crippen LogP contribution in [0.2, 0.25) is 0 Å². The number of guanidine groups is 1. The van der Waals surface area contributed by atoms with E-state index in [0.29, 0.717) is 30.7 Å². The molecule has 8 heteroatoms. The van der Waals surface area contributed by atoms with E-state index in [1.807, 2.05) is 50.2 Å². The van der Waals surface area contributed by atoms with Crippen molar-refractivity contribution in [1.82, 2.24) is 15.6 Å². The number of benzene rings is 2. The van der Waals surface area contributed by atoms with Gasteiger partial charge in [-0.15, -0.1) is 24.0 Å². The molecule has 166 valence electrons. The second kappa shape index (κ2) is 12.2. The SMILES string of the molecule is CCNC(=NCc1coc(-c2ccc(C)cc2)n1)NCCc1ccc(O)c(OC)c1.I. The normalized spacial score (nSPS) is 11.0. The predicted molar refractivity (Wildman–Crippen MR) is 133 cm³/mol. The number of phenols is 1. The molecule has 31 heavy (non-hydrogen) atoms. The number of hydrogen-bond donors (Lipinski definition) is 3. The minimum absolute atomic E-state index is 0. The van der Waals surface area contributed by atoms with Gasteiger partial charge in [0, 0.05) is 18.7 Å². The summed E-state index contributed by atoms with van der Waals surface area (Å²) in [6.07, 6.45) is 2.41. The van der Waals surface area contributed by atoms with E-state index in [1.54, 1.807) is 19.4 Å². The number of aromatic hydroxyl groups is 1. The summed E-state index contributed by atoms with van der Waals surface area (Å²) in [5.41, 5.74) is 3.98. The van der Waals surface area contributed by atoms with E-state index in [0.717, 1.165) is 29.8 Å². The van der Waals surface area contributed by atoms with Crippen LogP contribution in [0.1, 0.15) is 23.7 Å². The van der Waals surface area contributed by atoms with Crippen LogP contribution < -0.4 is 15.4 Å². The third kappa shape index (κ3) is 7.16. The zero-order valence-electron chi connectivity index (χ0n) is 18.0. The number of phenolic OH excluding ortho intramolecular Hbond substituents is 1. The Hall–Kier alpha value is -2.75. The summed E-state index contributed by atoms with van der Waals surface area (Å²) in [6, 6.07) is 13.4. The Morgan fingerprint density at radius 1 is 1.16 bits per heavy atom. The van der Waals surface area contributed by atoms with Gasteiger partial charge in [0.1, 0.15) is 12.0 Å². The Bertz CT molecular complexity index is 987. The summed E-state index contributed by atoms with van der Waals surface area (Å²) < 4.78 is 10.8. The molecule has 0 radical (unpaired) electrons. The largest absolute Gasteiger partial charge is 0.504 e. The fourth-order valence-corrected chi connectivity index (χ4v) is 2.91. The first-order valence-corrected chi connectivity index (χ1v) is 9.98. The van der Waals surface area contributed by atoms with Crippen molar-refractivity contribution in [2.24, 2.45) is 4.99 Å². The lowest BCUT2D eigenvalue weighted by molar-refractivity contribution is 0.373. The molecule has 1 aromatic heterocycles. The lowest BCUT2D eigenvalue weighted by Crippen LogP contribution is -2.38. The molecule has 7 nitrogen and oxygen atoms in total. The minimum atomic E-state index is 0. The molecule has 0 saturated heterocycles. The summed E-state index contributed by atoms with van der Waals surface area (Å²) in [7, 11) is 1.54. The molecule has 0 atom stereocenters. The smallest absolute Gasteiger partial charge is 0.226 e. The third-order valence-electron chi connectivity index (χ3n) is 4.54. The predicted octanol–water partition coefficient (Wildman–Crippen LogP) is 4.28. The molecule has 0 aliphatic rings. The molecule has 3 rings (SSSR count). The van der Waals surface area contributed by atoms with Gasteiger partial charge in [-0.2, -0.15) is 0 Å². The van der Waals surface area contributed by atoms with E-state index in [2.05, 4.69) is 20.6 Å². The number of rotatable bonds is 8. The van der Waals surface area contributed by atoms with Gasteiger partial charge < -0.3 is 24.9 Å². The molecule has 0 bridgehead atoms. The third-order valence-corrected chi connectivity index (χ3v) is 4.54. The van der Waals surface area contributed by atoms with E-state index in [9.17, 15) is 5.11 Å². The second-order valence-corrected chi connectivity index (χ2v) is 6.89. The molecule has 0 aliphatic carbocycles. The number of aliphatic imine (C=N–C) groups is 1. The number of aryl methyl sites for hydroxylation is 1. The average Bonchev–Trinajstić information content (AvgIpc) is 3.22. The van der Waals surface area contributed by atoms with Crippen molar-refractivity contribution >= 4 is 29.9 Å². The molecule has 0 aliphatic heterocycles. The Kier molecular flexibility index (Phi) is 9.64. The quantitative estimate of drug-likeness (QED) is 0.226. The number of nitrogens with zero attached hydrogens (tertiary/aromatic N) is 2. The number of oxazole rings is 1. The van der Waals surface area contributed by atoms with Gasteiger partial charge >= 0.3 is 0 Å². The van der Waals surface area contributed by atoms with E-state index < -0.39 is 0 Å². The lowest BCUT2D eigenvalue weighted by Gasteiger charge is -2.11. The standard InChI is InChI=1S/C23H28N4O3.HI/c1-4-24-23(25-12-11-17-7-10-20(28)21(13-17)29-3)26-14-19-15-30-22(27-19)18-8-5-16(2)6-9-18;/h5-10,13,15,28H,4,11-12,14H2,1-3H3,(H2,24,25,26);1H. The van der Waals surface area contributed by atoms with Gasteiger partial charge in [0.15, 0.2) is 17.5 Å². The van der Waals surface area contributed by atoms with Gasteiger partial charge in [-0.25, -0.2) is 9.98 Å². The van der Waals surface area contributed by atoms with E-state index in [-0.39, 0.29) is 29.7 Å². The Labute approximate surface area is 200 Å². The molecule has 3 N–H and O–H groups in total. The van der Waals surface area contributed by atoms with E-state index in [4.69, 9.17) is 9.15 Å². The minimum Gasteiger partial charge on any atom is -0.504 e. The van der Waals surface area contributed by atoms with Crippen molar-refractivity contribution < 1.29 is 14.3 Å². The van der Waals surface area contributed by atoms with Crippen LogP contribution in [0.3, 0.4) is 0 Å².